The molecule has 5 N–H and O–H groups in total. The second kappa shape index (κ2) is 10.9. The highest BCUT2D eigenvalue weighted by atomic mass is 19.4. The molecule has 0 spiro atoms. The van der Waals surface area contributed by atoms with E-state index >= 15 is 0 Å². The number of hydrogen-bond donors (Lipinski definition) is 5. The number of methoxy groups -OCH3 is 1. The Morgan fingerprint density at radius 3 is 2.47 bits per heavy atom. The van der Waals surface area contributed by atoms with Gasteiger partial charge in [0.2, 0.25) is 5.91 Å². The predicted octanol–water partition coefficient (Wildman–Crippen LogP) is 2.34. The van der Waals surface area contributed by atoms with Crippen LogP contribution in [0.25, 0.3) is 0 Å². The molecule has 11 heteroatoms. The van der Waals surface area contributed by atoms with Crippen LogP contribution in [0.1, 0.15) is 47.2 Å². The third-order valence-corrected chi connectivity index (χ3v) is 7.73. The minimum Gasteiger partial charge on any atom is -0.496 e. The van der Waals surface area contributed by atoms with Gasteiger partial charge in [0.15, 0.2) is 0 Å². The molecule has 0 radical (unpaired) electrons. The highest BCUT2D eigenvalue weighted by Gasteiger charge is 2.52. The van der Waals surface area contributed by atoms with Crippen LogP contribution in [-0.4, -0.2) is 60.4 Å². The van der Waals surface area contributed by atoms with E-state index in [9.17, 15) is 33.0 Å². The first kappa shape index (κ1) is 27.9. The topological polar surface area (TPSA) is 120 Å². The fraction of sp³-hybridized carbons (Fsp3) is 0.481. The Balaban J connectivity index is 1.41. The number of para-hydroxylation sites is 1. The lowest BCUT2D eigenvalue weighted by Crippen LogP contribution is -2.63. The number of amides is 2. The summed E-state index contributed by atoms with van der Waals surface area (Å²) >= 11 is 0. The monoisotopic (exact) mass is 535 g/mol. The van der Waals surface area contributed by atoms with Crippen LogP contribution in [0, 0.1) is 5.92 Å². The standard InChI is InChI=1S/C27H32F3N3O5/c1-38-21-8-3-2-7-20(21)25(37)11-9-18(10-12-25)26(16-31-14-22(26)34)33-23(35)15-32-24(36)17-5-4-6-19(13-17)27(28,29)30/h2-8,13,18,22,31,34,37H,9-12,14-16H2,1H3,(H,32,36)(H,33,35)/t18?,22-,25?,26+/m0/s1. The molecule has 1 saturated heterocycles. The van der Waals surface area contributed by atoms with Crippen LogP contribution < -0.4 is 20.7 Å². The maximum atomic E-state index is 13.0. The number of halogens is 3. The number of ether oxygens (including phenoxy) is 1. The summed E-state index contributed by atoms with van der Waals surface area (Å²) < 4.78 is 44.3. The van der Waals surface area contributed by atoms with E-state index in [1.54, 1.807) is 13.2 Å². The number of nitrogens with one attached hydrogen (secondary N) is 3. The SMILES string of the molecule is COc1ccccc1C1(O)CCC([C@]2(NC(=O)CNC(=O)c3cccc(C(F)(F)F)c3)CNC[C@@H]2O)CC1. The Hall–Kier alpha value is -3.15. The van der Waals surface area contributed by atoms with E-state index in [4.69, 9.17) is 4.74 Å². The molecule has 38 heavy (non-hydrogen) atoms. The number of rotatable bonds is 7. The van der Waals surface area contributed by atoms with Crippen molar-refractivity contribution in [2.24, 2.45) is 5.92 Å². The molecule has 1 saturated carbocycles. The molecular formula is C27H32F3N3O5. The van der Waals surface area contributed by atoms with Gasteiger partial charge in [-0.15, -0.1) is 0 Å². The maximum absolute atomic E-state index is 13.0. The molecule has 1 aliphatic heterocycles. The van der Waals surface area contributed by atoms with Crippen LogP contribution in [0.15, 0.2) is 48.5 Å². The van der Waals surface area contributed by atoms with Gasteiger partial charge in [-0.25, -0.2) is 0 Å². The van der Waals surface area contributed by atoms with Gasteiger partial charge in [0, 0.05) is 24.2 Å². The fourth-order valence-electron chi connectivity index (χ4n) is 5.67. The highest BCUT2D eigenvalue weighted by molar-refractivity contribution is 5.96. The van der Waals surface area contributed by atoms with Crippen molar-refractivity contribution < 1.29 is 37.7 Å². The second-order valence-corrected chi connectivity index (χ2v) is 10.0. The number of benzene rings is 2. The van der Waals surface area contributed by atoms with Gasteiger partial charge in [-0.3, -0.25) is 9.59 Å². The lowest BCUT2D eigenvalue weighted by molar-refractivity contribution is -0.137. The van der Waals surface area contributed by atoms with Crippen LogP contribution in [0.3, 0.4) is 0 Å². The van der Waals surface area contributed by atoms with E-state index in [0.29, 0.717) is 43.5 Å². The normalized spacial score (nSPS) is 27.5. The van der Waals surface area contributed by atoms with Gasteiger partial charge in [-0.2, -0.15) is 13.2 Å². The smallest absolute Gasteiger partial charge is 0.416 e. The Bertz CT molecular complexity index is 1170. The zero-order chi connectivity index (χ0) is 27.6. The van der Waals surface area contributed by atoms with Crippen molar-refractivity contribution in [1.82, 2.24) is 16.0 Å². The van der Waals surface area contributed by atoms with Gasteiger partial charge in [0.1, 0.15) is 5.75 Å². The Kier molecular flexibility index (Phi) is 8.01. The number of aliphatic hydroxyl groups is 2. The molecule has 2 aliphatic rings. The molecule has 2 aromatic carbocycles. The number of alkyl halides is 3. The molecule has 206 valence electrons. The number of carbonyl (C=O) groups excluding carboxylic acids is 2. The average Bonchev–Trinajstić information content (AvgIpc) is 3.27. The van der Waals surface area contributed by atoms with Gasteiger partial charge in [0.05, 0.1) is 36.5 Å². The average molecular weight is 536 g/mol. The fourth-order valence-corrected chi connectivity index (χ4v) is 5.67. The zero-order valence-corrected chi connectivity index (χ0v) is 21.0. The summed E-state index contributed by atoms with van der Waals surface area (Å²) in [5.41, 5.74) is -2.60. The lowest BCUT2D eigenvalue weighted by Gasteiger charge is -2.46. The molecule has 0 aromatic heterocycles. The van der Waals surface area contributed by atoms with E-state index in [2.05, 4.69) is 16.0 Å². The first-order valence-corrected chi connectivity index (χ1v) is 12.5. The quantitative estimate of drug-likeness (QED) is 0.371. The molecule has 1 heterocycles. The molecule has 2 amide bonds. The van der Waals surface area contributed by atoms with Crippen LogP contribution in [-0.2, 0) is 16.6 Å². The summed E-state index contributed by atoms with van der Waals surface area (Å²) in [6, 6.07) is 11.2. The molecule has 0 unspecified atom stereocenters. The summed E-state index contributed by atoms with van der Waals surface area (Å²) in [5, 5.41) is 30.6. The van der Waals surface area contributed by atoms with Crippen molar-refractivity contribution in [3.8, 4) is 5.75 Å². The van der Waals surface area contributed by atoms with Gasteiger partial charge in [0.25, 0.3) is 5.91 Å². The minimum absolute atomic E-state index is 0.161. The van der Waals surface area contributed by atoms with Crippen molar-refractivity contribution >= 4 is 11.8 Å². The molecule has 0 bridgehead atoms. The van der Waals surface area contributed by atoms with E-state index in [1.807, 2.05) is 18.2 Å². The highest BCUT2D eigenvalue weighted by Crippen LogP contribution is 2.46. The zero-order valence-electron chi connectivity index (χ0n) is 21.0. The van der Waals surface area contributed by atoms with Crippen molar-refractivity contribution in [3.05, 3.63) is 65.2 Å². The van der Waals surface area contributed by atoms with Gasteiger partial charge in [-0.05, 0) is 55.9 Å². The molecule has 2 fully saturated rings. The van der Waals surface area contributed by atoms with Crippen molar-refractivity contribution in [1.29, 1.82) is 0 Å². The first-order chi connectivity index (χ1) is 18.0. The van der Waals surface area contributed by atoms with Gasteiger partial charge < -0.3 is 30.9 Å². The number of carbonyl (C=O) groups is 2. The van der Waals surface area contributed by atoms with Crippen LogP contribution in [0.4, 0.5) is 13.2 Å². The summed E-state index contributed by atoms with van der Waals surface area (Å²) in [6.45, 7) is 0.102. The molecule has 4 rings (SSSR count). The third kappa shape index (κ3) is 5.64. The summed E-state index contributed by atoms with van der Waals surface area (Å²) in [4.78, 5) is 25.3. The largest absolute Gasteiger partial charge is 0.496 e. The van der Waals surface area contributed by atoms with Gasteiger partial charge >= 0.3 is 6.18 Å². The lowest BCUT2D eigenvalue weighted by atomic mass is 9.67. The number of aliphatic hydroxyl groups excluding tert-OH is 1. The van der Waals surface area contributed by atoms with Crippen LogP contribution >= 0.6 is 0 Å². The maximum Gasteiger partial charge on any atom is 0.416 e. The van der Waals surface area contributed by atoms with E-state index in [-0.39, 0.29) is 18.0 Å². The second-order valence-electron chi connectivity index (χ2n) is 10.0. The Morgan fingerprint density at radius 1 is 1.13 bits per heavy atom. The molecule has 1 aliphatic carbocycles. The summed E-state index contributed by atoms with van der Waals surface area (Å²) in [6.07, 6.45) is -3.66. The van der Waals surface area contributed by atoms with Crippen molar-refractivity contribution in [3.63, 3.8) is 0 Å². The third-order valence-electron chi connectivity index (χ3n) is 7.73. The predicted molar refractivity (Wildman–Crippen MR) is 132 cm³/mol. The molecular weight excluding hydrogens is 503 g/mol. The summed E-state index contributed by atoms with van der Waals surface area (Å²) in [7, 11) is 1.55. The minimum atomic E-state index is -4.59. The molecule has 8 nitrogen and oxygen atoms in total. The van der Waals surface area contributed by atoms with Crippen LogP contribution in [0.2, 0.25) is 0 Å². The van der Waals surface area contributed by atoms with Crippen molar-refractivity contribution in [2.45, 2.75) is 49.1 Å². The Labute approximate surface area is 218 Å². The van der Waals surface area contributed by atoms with E-state index < -0.39 is 47.3 Å². The van der Waals surface area contributed by atoms with Crippen molar-refractivity contribution in [2.75, 3.05) is 26.7 Å². The number of β-amino-alcohol motifs (C(OH)–C–C–N with tert-alkyl or cyclic N) is 1. The molecule has 2 atom stereocenters. The van der Waals surface area contributed by atoms with Gasteiger partial charge in [-0.1, -0.05) is 24.3 Å². The van der Waals surface area contributed by atoms with E-state index in [1.165, 1.54) is 6.07 Å². The van der Waals surface area contributed by atoms with E-state index in [0.717, 1.165) is 18.2 Å². The Morgan fingerprint density at radius 2 is 1.84 bits per heavy atom. The first-order valence-electron chi connectivity index (χ1n) is 12.5. The number of hydrogen-bond acceptors (Lipinski definition) is 6. The molecule has 2 aromatic rings. The van der Waals surface area contributed by atoms with Crippen LogP contribution in [0.5, 0.6) is 5.75 Å². The summed E-state index contributed by atoms with van der Waals surface area (Å²) in [5.74, 6) is -0.954.